The first-order valence-electron chi connectivity index (χ1n) is 11.7. The van der Waals surface area contributed by atoms with E-state index in [-0.39, 0.29) is 0 Å². The normalized spacial score (nSPS) is 13.8. The molecule has 2 aromatic carbocycles. The summed E-state index contributed by atoms with van der Waals surface area (Å²) in [6, 6.07) is 16.9. The van der Waals surface area contributed by atoms with Crippen molar-refractivity contribution in [2.45, 2.75) is 32.7 Å². The highest BCUT2D eigenvalue weighted by Crippen LogP contribution is 2.27. The van der Waals surface area contributed by atoms with Crippen molar-refractivity contribution in [1.29, 1.82) is 0 Å². The van der Waals surface area contributed by atoms with Gasteiger partial charge in [-0.1, -0.05) is 48.5 Å². The van der Waals surface area contributed by atoms with Crippen molar-refractivity contribution in [2.75, 3.05) is 19.6 Å². The van der Waals surface area contributed by atoms with Gasteiger partial charge in [-0.2, -0.15) is 5.10 Å². The van der Waals surface area contributed by atoms with Crippen LogP contribution in [0, 0.1) is 6.92 Å². The van der Waals surface area contributed by atoms with Gasteiger partial charge in [0, 0.05) is 49.6 Å². The summed E-state index contributed by atoms with van der Waals surface area (Å²) in [5, 5.41) is 8.03. The first-order chi connectivity index (χ1) is 16.2. The number of benzene rings is 2. The molecule has 1 amide bonds. The third-order valence-electron chi connectivity index (χ3n) is 6.36. The summed E-state index contributed by atoms with van der Waals surface area (Å²) in [4.78, 5) is 18.4. The summed E-state index contributed by atoms with van der Waals surface area (Å²) in [6.07, 6.45) is 8.57. The summed E-state index contributed by atoms with van der Waals surface area (Å²) in [6.45, 7) is 5.63. The number of hydrogen-bond acceptors (Lipinski definition) is 4. The molecule has 0 bridgehead atoms. The highest BCUT2D eigenvalue weighted by atomic mass is 16.2. The SMILES string of the molecule is Cc1ccccc1-c1cnn2cc(-c3ccc(CNCCCN4CCCC4=O)cc3)cnc12. The summed E-state index contributed by atoms with van der Waals surface area (Å²) in [5.74, 6) is 0.305. The van der Waals surface area contributed by atoms with E-state index in [0.29, 0.717) is 5.91 Å². The molecule has 1 N–H and O–H groups in total. The van der Waals surface area contributed by atoms with Crippen molar-refractivity contribution >= 4 is 11.6 Å². The second kappa shape index (κ2) is 9.55. The molecule has 0 saturated carbocycles. The number of rotatable bonds is 8. The van der Waals surface area contributed by atoms with Gasteiger partial charge in [0.05, 0.1) is 6.20 Å². The molecule has 0 atom stereocenters. The maximum absolute atomic E-state index is 11.7. The van der Waals surface area contributed by atoms with Crippen LogP contribution in [0.4, 0.5) is 0 Å². The minimum atomic E-state index is 0.305. The number of likely N-dealkylation sites (tertiary alicyclic amines) is 1. The van der Waals surface area contributed by atoms with Crippen LogP contribution < -0.4 is 5.32 Å². The molecule has 33 heavy (non-hydrogen) atoms. The van der Waals surface area contributed by atoms with Crippen molar-refractivity contribution in [3.8, 4) is 22.3 Å². The summed E-state index contributed by atoms with van der Waals surface area (Å²) in [7, 11) is 0. The number of nitrogens with one attached hydrogen (secondary N) is 1. The van der Waals surface area contributed by atoms with Crippen LogP contribution in [-0.2, 0) is 11.3 Å². The van der Waals surface area contributed by atoms with Crippen molar-refractivity contribution in [2.24, 2.45) is 0 Å². The second-order valence-corrected chi connectivity index (χ2v) is 8.70. The van der Waals surface area contributed by atoms with Gasteiger partial charge in [0.2, 0.25) is 5.91 Å². The van der Waals surface area contributed by atoms with Crippen LogP contribution in [0.5, 0.6) is 0 Å². The molecule has 168 valence electrons. The molecule has 0 spiro atoms. The number of amides is 1. The van der Waals surface area contributed by atoms with Gasteiger partial charge in [0.15, 0.2) is 5.65 Å². The Morgan fingerprint density at radius 3 is 2.64 bits per heavy atom. The Morgan fingerprint density at radius 2 is 1.85 bits per heavy atom. The number of carbonyl (C=O) groups is 1. The van der Waals surface area contributed by atoms with Crippen molar-refractivity contribution < 1.29 is 4.79 Å². The van der Waals surface area contributed by atoms with Gasteiger partial charge in [-0.15, -0.1) is 0 Å². The fourth-order valence-corrected chi connectivity index (χ4v) is 4.47. The van der Waals surface area contributed by atoms with Gasteiger partial charge in [-0.05, 0) is 48.6 Å². The number of fused-ring (bicyclic) bond motifs is 1. The quantitative estimate of drug-likeness (QED) is 0.412. The van der Waals surface area contributed by atoms with E-state index in [0.717, 1.165) is 73.3 Å². The van der Waals surface area contributed by atoms with Crippen molar-refractivity contribution in [1.82, 2.24) is 24.8 Å². The van der Waals surface area contributed by atoms with Crippen LogP contribution in [0.15, 0.2) is 67.1 Å². The number of carbonyl (C=O) groups excluding carboxylic acids is 1. The van der Waals surface area contributed by atoms with Crippen LogP contribution in [-0.4, -0.2) is 45.0 Å². The molecule has 4 aromatic rings. The molecule has 1 aliphatic rings. The van der Waals surface area contributed by atoms with Gasteiger partial charge in [0.1, 0.15) is 0 Å². The highest BCUT2D eigenvalue weighted by molar-refractivity contribution is 5.80. The topological polar surface area (TPSA) is 62.5 Å². The molecule has 6 nitrogen and oxygen atoms in total. The zero-order valence-electron chi connectivity index (χ0n) is 19.0. The average Bonchev–Trinajstić information content (AvgIpc) is 3.45. The average molecular weight is 440 g/mol. The Labute approximate surface area is 194 Å². The molecule has 0 aliphatic carbocycles. The molecule has 0 radical (unpaired) electrons. The second-order valence-electron chi connectivity index (χ2n) is 8.70. The maximum atomic E-state index is 11.7. The smallest absolute Gasteiger partial charge is 0.222 e. The summed E-state index contributed by atoms with van der Waals surface area (Å²) < 4.78 is 1.86. The molecular weight excluding hydrogens is 410 g/mol. The van der Waals surface area contributed by atoms with E-state index in [1.165, 1.54) is 11.1 Å². The lowest BCUT2D eigenvalue weighted by atomic mass is 10.0. The van der Waals surface area contributed by atoms with E-state index < -0.39 is 0 Å². The summed E-state index contributed by atoms with van der Waals surface area (Å²) in [5.41, 5.74) is 7.69. The Kier molecular flexibility index (Phi) is 6.17. The molecule has 1 aliphatic heterocycles. The predicted octanol–water partition coefficient (Wildman–Crippen LogP) is 4.47. The predicted molar refractivity (Wildman–Crippen MR) is 131 cm³/mol. The molecule has 6 heteroatoms. The Hall–Kier alpha value is -3.51. The van der Waals surface area contributed by atoms with E-state index in [1.807, 2.05) is 40.1 Å². The fraction of sp³-hybridized carbons (Fsp3) is 0.296. The van der Waals surface area contributed by atoms with Gasteiger partial charge in [-0.25, -0.2) is 9.50 Å². The van der Waals surface area contributed by atoms with E-state index in [9.17, 15) is 4.79 Å². The zero-order chi connectivity index (χ0) is 22.6. The Morgan fingerprint density at radius 1 is 1.00 bits per heavy atom. The maximum Gasteiger partial charge on any atom is 0.222 e. The van der Waals surface area contributed by atoms with Gasteiger partial charge in [-0.3, -0.25) is 4.79 Å². The van der Waals surface area contributed by atoms with Gasteiger partial charge >= 0.3 is 0 Å². The third-order valence-corrected chi connectivity index (χ3v) is 6.36. The van der Waals surface area contributed by atoms with Gasteiger partial charge in [0.25, 0.3) is 0 Å². The number of aromatic nitrogens is 3. The number of aryl methyl sites for hydroxylation is 1. The minimum Gasteiger partial charge on any atom is -0.343 e. The van der Waals surface area contributed by atoms with Crippen molar-refractivity contribution in [3.63, 3.8) is 0 Å². The number of nitrogens with zero attached hydrogens (tertiary/aromatic N) is 4. The highest BCUT2D eigenvalue weighted by Gasteiger charge is 2.18. The van der Waals surface area contributed by atoms with E-state index in [4.69, 9.17) is 4.98 Å². The molecule has 3 heterocycles. The summed E-state index contributed by atoms with van der Waals surface area (Å²) >= 11 is 0. The lowest BCUT2D eigenvalue weighted by molar-refractivity contribution is -0.127. The van der Waals surface area contributed by atoms with Gasteiger partial charge < -0.3 is 10.2 Å². The van der Waals surface area contributed by atoms with E-state index in [1.54, 1.807) is 0 Å². The molecule has 2 aromatic heterocycles. The fourth-order valence-electron chi connectivity index (χ4n) is 4.47. The molecule has 0 unspecified atom stereocenters. The minimum absolute atomic E-state index is 0.305. The first-order valence-corrected chi connectivity index (χ1v) is 11.7. The van der Waals surface area contributed by atoms with Crippen LogP contribution in [0.3, 0.4) is 0 Å². The van der Waals surface area contributed by atoms with E-state index in [2.05, 4.69) is 53.7 Å². The van der Waals surface area contributed by atoms with Crippen molar-refractivity contribution in [3.05, 3.63) is 78.2 Å². The standard InChI is InChI=1S/C27H29N5O/c1-20-6-2-3-7-24(20)25-18-30-32-19-23(17-29-27(25)32)22-11-9-21(10-12-22)16-28-13-5-15-31-14-4-8-26(31)33/h2-3,6-7,9-12,17-19,28H,4-5,8,13-16H2,1H3. The molecule has 1 saturated heterocycles. The lowest BCUT2D eigenvalue weighted by Gasteiger charge is -2.15. The first kappa shape index (κ1) is 21.3. The van der Waals surface area contributed by atoms with Crippen LogP contribution in [0.1, 0.15) is 30.4 Å². The lowest BCUT2D eigenvalue weighted by Crippen LogP contribution is -2.28. The monoisotopic (exact) mass is 439 g/mol. The van der Waals surface area contributed by atoms with Crippen LogP contribution in [0.25, 0.3) is 27.9 Å². The van der Waals surface area contributed by atoms with Crippen LogP contribution in [0.2, 0.25) is 0 Å². The Bertz CT molecular complexity index is 1260. The zero-order valence-corrected chi connectivity index (χ0v) is 19.0. The Balaban J connectivity index is 1.20. The third kappa shape index (κ3) is 4.66. The molecular formula is C27H29N5O. The molecule has 1 fully saturated rings. The van der Waals surface area contributed by atoms with E-state index >= 15 is 0 Å². The van der Waals surface area contributed by atoms with Crippen LogP contribution >= 0.6 is 0 Å². The largest absolute Gasteiger partial charge is 0.343 e. The molecule has 5 rings (SSSR count). The number of hydrogen-bond donors (Lipinski definition) is 1.